The first kappa shape index (κ1) is 20.6. The number of nitrogens with one attached hydrogen (secondary N) is 1. The van der Waals surface area contributed by atoms with Crippen LogP contribution in [0, 0.1) is 13.8 Å². The van der Waals surface area contributed by atoms with Gasteiger partial charge in [-0.05, 0) is 62.1 Å². The molecule has 2 rings (SSSR count). The van der Waals surface area contributed by atoms with Gasteiger partial charge in [0.05, 0.1) is 20.3 Å². The molecule has 0 aromatic heterocycles. The molecule has 0 heterocycles. The summed E-state index contributed by atoms with van der Waals surface area (Å²) in [5.74, 6) is 1.88. The lowest BCUT2D eigenvalue weighted by molar-refractivity contribution is -0.128. The van der Waals surface area contributed by atoms with Crippen molar-refractivity contribution in [3.8, 4) is 17.2 Å². The first-order chi connectivity index (χ1) is 12.9. The number of carbonyl (C=O) groups excluding carboxylic acids is 1. The van der Waals surface area contributed by atoms with Crippen LogP contribution in [0.2, 0.25) is 0 Å². The Balaban J connectivity index is 2.11. The molecule has 2 atom stereocenters. The molecule has 0 aliphatic heterocycles. The highest BCUT2D eigenvalue weighted by Crippen LogP contribution is 2.31. The molecule has 0 aliphatic rings. The largest absolute Gasteiger partial charge is 0.493 e. The number of hydrogen-bond acceptors (Lipinski definition) is 4. The molecule has 0 aliphatic carbocycles. The Labute approximate surface area is 161 Å². The van der Waals surface area contributed by atoms with Gasteiger partial charge in [0, 0.05) is 0 Å². The van der Waals surface area contributed by atoms with E-state index in [0.29, 0.717) is 11.5 Å². The van der Waals surface area contributed by atoms with Crippen molar-refractivity contribution in [1.82, 2.24) is 5.32 Å². The van der Waals surface area contributed by atoms with E-state index in [1.165, 1.54) is 0 Å². The maximum atomic E-state index is 12.7. The second-order valence-corrected chi connectivity index (χ2v) is 6.54. The van der Waals surface area contributed by atoms with Crippen LogP contribution in [0.25, 0.3) is 0 Å². The summed E-state index contributed by atoms with van der Waals surface area (Å²) in [5.41, 5.74) is 3.14. The molecule has 146 valence electrons. The van der Waals surface area contributed by atoms with Gasteiger partial charge in [0.15, 0.2) is 17.6 Å². The zero-order valence-corrected chi connectivity index (χ0v) is 17.0. The Bertz CT molecular complexity index is 788. The van der Waals surface area contributed by atoms with Crippen LogP contribution in [0.5, 0.6) is 17.2 Å². The molecule has 0 saturated carbocycles. The maximum Gasteiger partial charge on any atom is 0.261 e. The number of ether oxygens (including phenoxy) is 3. The third-order valence-corrected chi connectivity index (χ3v) is 4.76. The minimum atomic E-state index is -0.598. The Morgan fingerprint density at radius 2 is 1.74 bits per heavy atom. The molecular weight excluding hydrogens is 342 g/mol. The van der Waals surface area contributed by atoms with E-state index in [4.69, 9.17) is 14.2 Å². The maximum absolute atomic E-state index is 12.7. The Morgan fingerprint density at radius 3 is 2.37 bits per heavy atom. The lowest BCUT2D eigenvalue weighted by Crippen LogP contribution is -2.38. The van der Waals surface area contributed by atoms with Crippen molar-refractivity contribution in [3.63, 3.8) is 0 Å². The summed E-state index contributed by atoms with van der Waals surface area (Å²) in [6.45, 7) is 7.81. The Hall–Kier alpha value is -2.69. The monoisotopic (exact) mass is 371 g/mol. The molecule has 0 radical (unpaired) electrons. The molecule has 0 unspecified atom stereocenters. The van der Waals surface area contributed by atoms with Gasteiger partial charge in [-0.3, -0.25) is 4.79 Å². The van der Waals surface area contributed by atoms with E-state index in [2.05, 4.69) is 5.32 Å². The van der Waals surface area contributed by atoms with Crippen LogP contribution in [-0.4, -0.2) is 26.2 Å². The summed E-state index contributed by atoms with van der Waals surface area (Å²) in [6, 6.07) is 11.4. The summed E-state index contributed by atoms with van der Waals surface area (Å²) < 4.78 is 16.5. The highest BCUT2D eigenvalue weighted by molar-refractivity contribution is 5.81. The lowest BCUT2D eigenvalue weighted by Gasteiger charge is -2.22. The van der Waals surface area contributed by atoms with Crippen molar-refractivity contribution < 1.29 is 19.0 Å². The van der Waals surface area contributed by atoms with E-state index < -0.39 is 6.10 Å². The first-order valence-corrected chi connectivity index (χ1v) is 9.16. The second-order valence-electron chi connectivity index (χ2n) is 6.54. The molecule has 0 bridgehead atoms. The van der Waals surface area contributed by atoms with E-state index in [0.717, 1.165) is 28.9 Å². The Kier molecular flexibility index (Phi) is 7.11. The van der Waals surface area contributed by atoms with Crippen LogP contribution < -0.4 is 19.5 Å². The van der Waals surface area contributed by atoms with Crippen molar-refractivity contribution >= 4 is 5.91 Å². The van der Waals surface area contributed by atoms with E-state index in [1.807, 2.05) is 57.2 Å². The highest BCUT2D eigenvalue weighted by atomic mass is 16.5. The second kappa shape index (κ2) is 9.31. The summed E-state index contributed by atoms with van der Waals surface area (Å²) >= 11 is 0. The Morgan fingerprint density at radius 1 is 1.04 bits per heavy atom. The number of methoxy groups -OCH3 is 2. The normalized spacial score (nSPS) is 12.8. The van der Waals surface area contributed by atoms with Crippen molar-refractivity contribution in [3.05, 3.63) is 53.1 Å². The van der Waals surface area contributed by atoms with Crippen LogP contribution in [0.1, 0.15) is 43.0 Å². The molecule has 1 N–H and O–H groups in total. The van der Waals surface area contributed by atoms with Crippen molar-refractivity contribution in [1.29, 1.82) is 0 Å². The van der Waals surface area contributed by atoms with Crippen molar-refractivity contribution in [2.75, 3.05) is 14.2 Å². The fraction of sp³-hybridized carbons (Fsp3) is 0.409. The van der Waals surface area contributed by atoms with E-state index in [9.17, 15) is 4.79 Å². The van der Waals surface area contributed by atoms with Crippen LogP contribution in [0.4, 0.5) is 0 Å². The first-order valence-electron chi connectivity index (χ1n) is 9.16. The van der Waals surface area contributed by atoms with E-state index in [-0.39, 0.29) is 11.9 Å². The molecule has 27 heavy (non-hydrogen) atoms. The van der Waals surface area contributed by atoms with Crippen LogP contribution in [-0.2, 0) is 4.79 Å². The number of hydrogen-bond donors (Lipinski definition) is 1. The van der Waals surface area contributed by atoms with Gasteiger partial charge in [0.2, 0.25) is 0 Å². The van der Waals surface area contributed by atoms with Gasteiger partial charge in [-0.15, -0.1) is 0 Å². The van der Waals surface area contributed by atoms with E-state index in [1.54, 1.807) is 21.1 Å². The summed E-state index contributed by atoms with van der Waals surface area (Å²) in [7, 11) is 3.20. The molecule has 5 heteroatoms. The molecule has 5 nitrogen and oxygen atoms in total. The molecule has 0 spiro atoms. The predicted octanol–water partition coefficient (Wildman–Crippen LogP) is 4.36. The molecule has 2 aromatic carbocycles. The fourth-order valence-corrected chi connectivity index (χ4v) is 2.88. The van der Waals surface area contributed by atoms with Gasteiger partial charge >= 0.3 is 0 Å². The third kappa shape index (κ3) is 4.94. The number of rotatable bonds is 8. The average Bonchev–Trinajstić information content (AvgIpc) is 2.68. The van der Waals surface area contributed by atoms with Crippen molar-refractivity contribution in [2.45, 2.75) is 46.3 Å². The molecule has 2 aromatic rings. The third-order valence-electron chi connectivity index (χ3n) is 4.76. The van der Waals surface area contributed by atoms with Gasteiger partial charge in [-0.25, -0.2) is 0 Å². The average molecular weight is 371 g/mol. The van der Waals surface area contributed by atoms with E-state index >= 15 is 0 Å². The van der Waals surface area contributed by atoms with Gasteiger partial charge < -0.3 is 19.5 Å². The molecule has 1 amide bonds. The summed E-state index contributed by atoms with van der Waals surface area (Å²) in [4.78, 5) is 12.7. The highest BCUT2D eigenvalue weighted by Gasteiger charge is 2.21. The topological polar surface area (TPSA) is 56.8 Å². The minimum Gasteiger partial charge on any atom is -0.493 e. The molecule has 0 fully saturated rings. The number of aryl methyl sites for hydroxylation is 1. The van der Waals surface area contributed by atoms with Gasteiger partial charge in [0.1, 0.15) is 5.75 Å². The minimum absolute atomic E-state index is 0.137. The summed E-state index contributed by atoms with van der Waals surface area (Å²) in [5, 5.41) is 3.07. The molecule has 0 saturated heterocycles. The van der Waals surface area contributed by atoms with Gasteiger partial charge in [-0.2, -0.15) is 0 Å². The van der Waals surface area contributed by atoms with Crippen LogP contribution in [0.15, 0.2) is 36.4 Å². The van der Waals surface area contributed by atoms with Crippen LogP contribution in [0.3, 0.4) is 0 Å². The smallest absolute Gasteiger partial charge is 0.261 e. The predicted molar refractivity (Wildman–Crippen MR) is 107 cm³/mol. The van der Waals surface area contributed by atoms with Gasteiger partial charge in [-0.1, -0.05) is 25.1 Å². The fourth-order valence-electron chi connectivity index (χ4n) is 2.88. The zero-order chi connectivity index (χ0) is 20.0. The van der Waals surface area contributed by atoms with Gasteiger partial charge in [0.25, 0.3) is 5.91 Å². The standard InChI is InChI=1S/C22H29NO4/c1-7-18(17-11-12-20(25-5)21(13-17)26-6)23-22(24)16(4)27-19-10-8-9-14(2)15(19)3/h8-13,16,18H,7H2,1-6H3,(H,23,24)/t16-,18-/m1/s1. The SMILES string of the molecule is CC[C@@H](NC(=O)[C@@H](C)Oc1cccc(C)c1C)c1ccc(OC)c(OC)c1. The quantitative estimate of drug-likeness (QED) is 0.749. The zero-order valence-electron chi connectivity index (χ0n) is 17.0. The number of carbonyl (C=O) groups is 1. The van der Waals surface area contributed by atoms with Crippen LogP contribution >= 0.6 is 0 Å². The molecular formula is C22H29NO4. The summed E-state index contributed by atoms with van der Waals surface area (Å²) in [6.07, 6.45) is 0.150. The van der Waals surface area contributed by atoms with Crippen molar-refractivity contribution in [2.24, 2.45) is 0 Å². The lowest BCUT2D eigenvalue weighted by atomic mass is 10.0. The number of benzene rings is 2. The number of amides is 1.